The highest BCUT2D eigenvalue weighted by molar-refractivity contribution is 5.88. The first-order valence-electron chi connectivity index (χ1n) is 16.7. The Morgan fingerprint density at radius 3 is 2.16 bits per heavy atom. The normalized spacial score (nSPS) is 15.8. The fraction of sp³-hybridized carbons (Fsp3) is 0.293. The molecule has 1 aromatic heterocycles. The Labute approximate surface area is 291 Å². The topological polar surface area (TPSA) is 116 Å². The predicted octanol–water partition coefficient (Wildman–Crippen LogP) is 7.00. The summed E-state index contributed by atoms with van der Waals surface area (Å²) in [5.41, 5.74) is 0.965. The number of methoxy groups -OCH3 is 1. The first kappa shape index (κ1) is 34.5. The Balaban J connectivity index is 1.29. The van der Waals surface area contributed by atoms with Crippen LogP contribution < -0.4 is 15.1 Å². The summed E-state index contributed by atoms with van der Waals surface area (Å²) in [4.78, 5) is 40.8. The van der Waals surface area contributed by atoms with Crippen LogP contribution in [-0.2, 0) is 26.3 Å². The fourth-order valence-corrected chi connectivity index (χ4v) is 6.45. The molecule has 50 heavy (non-hydrogen) atoms. The summed E-state index contributed by atoms with van der Waals surface area (Å²) in [7, 11) is 1.62. The number of hydrogen-bond acceptors (Lipinski definition) is 8. The maximum absolute atomic E-state index is 14.0. The van der Waals surface area contributed by atoms with Gasteiger partial charge in [-0.25, -0.2) is 4.79 Å². The molecule has 0 radical (unpaired) electrons. The Morgan fingerprint density at radius 2 is 1.50 bits per heavy atom. The molecule has 2 heterocycles. The highest BCUT2D eigenvalue weighted by Gasteiger charge is 2.40. The lowest BCUT2D eigenvalue weighted by molar-refractivity contribution is -0.143. The molecule has 9 nitrogen and oxygen atoms in total. The third-order valence-electron chi connectivity index (χ3n) is 9.11. The molecule has 1 aliphatic heterocycles. The maximum Gasteiger partial charge on any atom is 0.336 e. The second-order valence-electron chi connectivity index (χ2n) is 13.6. The fourth-order valence-electron chi connectivity index (χ4n) is 6.45. The summed E-state index contributed by atoms with van der Waals surface area (Å²) in [6.07, 6.45) is 1.54. The van der Waals surface area contributed by atoms with E-state index < -0.39 is 22.6 Å². The van der Waals surface area contributed by atoms with Gasteiger partial charge in [0.05, 0.1) is 31.6 Å². The van der Waals surface area contributed by atoms with Gasteiger partial charge < -0.3 is 28.6 Å². The molecule has 0 aliphatic carbocycles. The minimum absolute atomic E-state index is 0.0139. The molecule has 4 aromatic carbocycles. The van der Waals surface area contributed by atoms with Gasteiger partial charge in [0.2, 0.25) is 5.91 Å². The summed E-state index contributed by atoms with van der Waals surface area (Å²) < 4.78 is 23.4. The van der Waals surface area contributed by atoms with Gasteiger partial charge >= 0.3 is 11.6 Å². The van der Waals surface area contributed by atoms with Gasteiger partial charge in [-0.05, 0) is 92.3 Å². The highest BCUT2D eigenvalue weighted by Crippen LogP contribution is 2.42. The molecule has 0 bridgehead atoms. The molecule has 1 fully saturated rings. The summed E-state index contributed by atoms with van der Waals surface area (Å²) in [5, 5.41) is 10.8. The number of ether oxygens (including phenoxy) is 3. The Kier molecular flexibility index (Phi) is 9.79. The lowest BCUT2D eigenvalue weighted by Gasteiger charge is -2.38. The number of rotatable bonds is 10. The summed E-state index contributed by atoms with van der Waals surface area (Å²) in [5.74, 6) is 0.557. The lowest BCUT2D eigenvalue weighted by Crippen LogP contribution is -2.42. The third-order valence-corrected chi connectivity index (χ3v) is 9.11. The number of nitrogens with zero attached hydrogens (tertiary/aromatic N) is 1. The number of carbonyl (C=O) groups is 2. The van der Waals surface area contributed by atoms with Gasteiger partial charge in [-0.2, -0.15) is 0 Å². The molecule has 1 unspecified atom stereocenters. The number of aromatic hydroxyl groups is 1. The van der Waals surface area contributed by atoms with Crippen LogP contribution in [0.4, 0.5) is 0 Å². The monoisotopic (exact) mass is 675 g/mol. The van der Waals surface area contributed by atoms with Crippen LogP contribution in [0.2, 0.25) is 0 Å². The average molecular weight is 676 g/mol. The van der Waals surface area contributed by atoms with Crippen LogP contribution in [0.1, 0.15) is 55.9 Å². The number of phenols is 1. The van der Waals surface area contributed by atoms with Crippen molar-refractivity contribution in [3.63, 3.8) is 0 Å². The van der Waals surface area contributed by atoms with E-state index >= 15 is 0 Å². The second-order valence-corrected chi connectivity index (χ2v) is 13.6. The zero-order chi connectivity index (χ0) is 35.5. The molecule has 9 heteroatoms. The van der Waals surface area contributed by atoms with E-state index in [9.17, 15) is 19.5 Å². The number of likely N-dealkylation sites (tertiary alicyclic amines) is 1. The van der Waals surface area contributed by atoms with E-state index in [0.717, 1.165) is 29.5 Å². The van der Waals surface area contributed by atoms with E-state index in [1.165, 1.54) is 12.1 Å². The van der Waals surface area contributed by atoms with Crippen molar-refractivity contribution in [3.8, 4) is 17.2 Å². The van der Waals surface area contributed by atoms with Crippen LogP contribution in [0.5, 0.6) is 17.2 Å². The van der Waals surface area contributed by atoms with Crippen molar-refractivity contribution in [1.82, 2.24) is 4.90 Å². The number of fused-ring (bicyclic) bond motifs is 1. The number of hydrogen-bond donors (Lipinski definition) is 1. The van der Waals surface area contributed by atoms with Gasteiger partial charge in [0, 0.05) is 24.1 Å². The van der Waals surface area contributed by atoms with E-state index in [1.54, 1.807) is 52.1 Å². The van der Waals surface area contributed by atoms with Crippen LogP contribution >= 0.6 is 0 Å². The summed E-state index contributed by atoms with van der Waals surface area (Å²) in [6, 6.07) is 30.6. The molecule has 2 atom stereocenters. The van der Waals surface area contributed by atoms with Crippen LogP contribution in [-0.4, -0.2) is 48.2 Å². The molecule has 258 valence electrons. The molecule has 1 saturated heterocycles. The van der Waals surface area contributed by atoms with Crippen LogP contribution in [0.25, 0.3) is 11.0 Å². The second kappa shape index (κ2) is 14.2. The van der Waals surface area contributed by atoms with Crippen molar-refractivity contribution in [2.24, 2.45) is 5.41 Å². The molecule has 0 spiro atoms. The van der Waals surface area contributed by atoms with Gasteiger partial charge in [-0.3, -0.25) is 9.59 Å². The number of carbonyl (C=O) groups excluding carboxylic acids is 2. The van der Waals surface area contributed by atoms with E-state index in [0.29, 0.717) is 23.2 Å². The van der Waals surface area contributed by atoms with E-state index in [-0.39, 0.29) is 42.1 Å². The first-order valence-corrected chi connectivity index (χ1v) is 16.7. The SMILES string of the molecule is COc1ccc(C(OC[C@@H]2CCCN2C(=O)Cc2cc(=O)oc3cc(OC(=O)C(C)(C)C)ccc23)(c2ccccc2)c2ccc(O)cc2)cc1. The van der Waals surface area contributed by atoms with Crippen LogP contribution in [0.15, 0.2) is 112 Å². The highest BCUT2D eigenvalue weighted by atomic mass is 16.5. The number of benzene rings is 4. The third kappa shape index (κ3) is 7.14. The molecule has 1 aliphatic rings. The van der Waals surface area contributed by atoms with Crippen molar-refractivity contribution < 1.29 is 33.3 Å². The Hall–Kier alpha value is -5.41. The Morgan fingerprint density at radius 1 is 0.860 bits per heavy atom. The molecular formula is C41H41NO8. The molecule has 5 aromatic rings. The molecule has 1 amide bonds. The molecule has 1 N–H and O–H groups in total. The molecule has 6 rings (SSSR count). The van der Waals surface area contributed by atoms with Gasteiger partial charge in [-0.1, -0.05) is 54.6 Å². The van der Waals surface area contributed by atoms with Gasteiger partial charge in [0.25, 0.3) is 0 Å². The van der Waals surface area contributed by atoms with E-state index in [4.69, 9.17) is 18.6 Å². The van der Waals surface area contributed by atoms with E-state index in [1.807, 2.05) is 71.6 Å². The number of esters is 1. The van der Waals surface area contributed by atoms with Crippen LogP contribution in [0.3, 0.4) is 0 Å². The van der Waals surface area contributed by atoms with Gasteiger partial charge in [0.1, 0.15) is 28.4 Å². The number of phenolic OH excluding ortho intramolecular Hbond substituents is 1. The zero-order valence-corrected chi connectivity index (χ0v) is 28.7. The van der Waals surface area contributed by atoms with Crippen molar-refractivity contribution >= 4 is 22.8 Å². The predicted molar refractivity (Wildman–Crippen MR) is 189 cm³/mol. The van der Waals surface area contributed by atoms with Gasteiger partial charge in [0.15, 0.2) is 0 Å². The maximum atomic E-state index is 14.0. The molecular weight excluding hydrogens is 634 g/mol. The Bertz CT molecular complexity index is 2030. The quantitative estimate of drug-likeness (QED) is 0.0729. The van der Waals surface area contributed by atoms with E-state index in [2.05, 4.69) is 0 Å². The van der Waals surface area contributed by atoms with Gasteiger partial charge in [-0.15, -0.1) is 0 Å². The smallest absolute Gasteiger partial charge is 0.336 e. The first-order chi connectivity index (χ1) is 24.0. The minimum atomic E-state index is -1.07. The van der Waals surface area contributed by atoms with Crippen molar-refractivity contribution in [2.75, 3.05) is 20.3 Å². The van der Waals surface area contributed by atoms with Crippen molar-refractivity contribution in [3.05, 3.63) is 136 Å². The summed E-state index contributed by atoms with van der Waals surface area (Å²) in [6.45, 7) is 6.05. The van der Waals surface area contributed by atoms with Crippen molar-refractivity contribution in [1.29, 1.82) is 0 Å². The lowest BCUT2D eigenvalue weighted by atomic mass is 9.80. The minimum Gasteiger partial charge on any atom is -0.508 e. The standard InChI is InChI=1S/C41H41NO8/c1-40(2,3)39(46)49-34-20-21-35-27(24-38(45)50-36(35)25-34)23-37(44)42-22-8-11-31(42)26-48-41(28-9-6-5-7-10-28,29-12-16-32(43)17-13-29)30-14-18-33(47-4)19-15-30/h5-7,9-10,12-21,24-25,31,43H,8,11,22-23,26H2,1-4H3/t31-,41?/m0/s1. The van der Waals surface area contributed by atoms with Crippen molar-refractivity contribution in [2.45, 2.75) is 51.7 Å². The average Bonchev–Trinajstić information content (AvgIpc) is 3.58. The number of amides is 1. The largest absolute Gasteiger partial charge is 0.508 e. The summed E-state index contributed by atoms with van der Waals surface area (Å²) >= 11 is 0. The zero-order valence-electron chi connectivity index (χ0n) is 28.7. The van der Waals surface area contributed by atoms with Crippen LogP contribution in [0, 0.1) is 5.41 Å². The molecule has 0 saturated carbocycles.